The maximum atomic E-state index is 13.7. The first-order valence-corrected chi connectivity index (χ1v) is 13.9. The molecule has 3 heterocycles. The highest BCUT2D eigenvalue weighted by molar-refractivity contribution is 6.00. The van der Waals surface area contributed by atoms with Crippen LogP contribution < -0.4 is 5.32 Å². The molecule has 11 nitrogen and oxygen atoms in total. The highest BCUT2D eigenvalue weighted by atomic mass is 16.5. The second kappa shape index (κ2) is 12.0. The summed E-state index contributed by atoms with van der Waals surface area (Å²) in [6.45, 7) is 1.13. The van der Waals surface area contributed by atoms with Gasteiger partial charge in [-0.2, -0.15) is 0 Å². The Hall–Kier alpha value is -5.16. The predicted octanol–water partition coefficient (Wildman–Crippen LogP) is 3.68. The number of nitrogens with zero attached hydrogens (tertiary/aromatic N) is 5. The summed E-state index contributed by atoms with van der Waals surface area (Å²) < 4.78 is 11.1. The van der Waals surface area contributed by atoms with Crippen molar-refractivity contribution in [3.05, 3.63) is 102 Å². The van der Waals surface area contributed by atoms with Gasteiger partial charge in [0, 0.05) is 18.5 Å². The van der Waals surface area contributed by atoms with E-state index in [4.69, 9.17) is 9.47 Å². The zero-order valence-corrected chi connectivity index (χ0v) is 23.8. The number of methoxy groups -OCH3 is 2. The molecule has 0 unspecified atom stereocenters. The van der Waals surface area contributed by atoms with Crippen molar-refractivity contribution in [2.24, 2.45) is 0 Å². The summed E-state index contributed by atoms with van der Waals surface area (Å²) in [7, 11) is 2.42. The van der Waals surface area contributed by atoms with Crippen molar-refractivity contribution in [1.82, 2.24) is 30.2 Å². The fourth-order valence-electron chi connectivity index (χ4n) is 5.65. The molecule has 5 aromatic rings. The van der Waals surface area contributed by atoms with Crippen LogP contribution in [0.3, 0.4) is 0 Å². The fraction of sp³-hybridized carbons (Fsp3) is 0.250. The number of amides is 1. The normalized spacial score (nSPS) is 16.8. The van der Waals surface area contributed by atoms with E-state index in [9.17, 15) is 14.4 Å². The Balaban J connectivity index is 1.28. The molecule has 0 saturated carbocycles. The molecule has 0 radical (unpaired) electrons. The van der Waals surface area contributed by atoms with Crippen LogP contribution in [0.5, 0.6) is 0 Å². The first-order chi connectivity index (χ1) is 20.9. The Morgan fingerprint density at radius 1 is 0.884 bits per heavy atom. The molecule has 1 saturated heterocycles. The molecule has 1 aliphatic heterocycles. The molecule has 1 aliphatic rings. The summed E-state index contributed by atoms with van der Waals surface area (Å²) in [6.07, 6.45) is 0.332. The molecule has 1 N–H and O–H groups in total. The number of hydrogen-bond acceptors (Lipinski definition) is 9. The van der Waals surface area contributed by atoms with E-state index in [1.54, 1.807) is 0 Å². The lowest BCUT2D eigenvalue weighted by Crippen LogP contribution is -2.42. The Morgan fingerprint density at radius 3 is 2.40 bits per heavy atom. The van der Waals surface area contributed by atoms with Crippen LogP contribution in [0.25, 0.3) is 21.7 Å². The molecule has 1 fully saturated rings. The highest BCUT2D eigenvalue weighted by Gasteiger charge is 2.41. The molecular formula is C32H30N6O5. The summed E-state index contributed by atoms with van der Waals surface area (Å²) >= 11 is 0. The third kappa shape index (κ3) is 5.67. The highest BCUT2D eigenvalue weighted by Crippen LogP contribution is 2.31. The first-order valence-electron chi connectivity index (χ1n) is 13.9. The predicted molar refractivity (Wildman–Crippen MR) is 158 cm³/mol. The quantitative estimate of drug-likeness (QED) is 0.274. The summed E-state index contributed by atoms with van der Waals surface area (Å²) in [5.41, 5.74) is 2.30. The molecule has 1 amide bonds. The van der Waals surface area contributed by atoms with Crippen molar-refractivity contribution >= 4 is 39.5 Å². The smallest absolute Gasteiger partial charge is 0.361 e. The van der Waals surface area contributed by atoms with E-state index in [2.05, 4.69) is 49.8 Å². The van der Waals surface area contributed by atoms with E-state index in [0.717, 1.165) is 32.9 Å². The molecule has 6 rings (SSSR count). The molecule has 0 bridgehead atoms. The Labute approximate surface area is 247 Å². The molecule has 0 spiro atoms. The summed E-state index contributed by atoms with van der Waals surface area (Å²) in [5, 5.41) is 14.4. The topological polar surface area (TPSA) is 129 Å². The first kappa shape index (κ1) is 28.0. The molecule has 11 heteroatoms. The van der Waals surface area contributed by atoms with E-state index in [1.807, 2.05) is 54.6 Å². The number of esters is 2. The summed E-state index contributed by atoms with van der Waals surface area (Å²) in [6, 6.07) is 25.1. The minimum atomic E-state index is -0.796. The number of likely N-dealkylation sites (tertiary alicyclic amines) is 1. The van der Waals surface area contributed by atoms with Gasteiger partial charge in [0.25, 0.3) is 0 Å². The van der Waals surface area contributed by atoms with E-state index >= 15 is 0 Å². The maximum absolute atomic E-state index is 13.7. The van der Waals surface area contributed by atoms with Gasteiger partial charge in [0.05, 0.1) is 44.1 Å². The van der Waals surface area contributed by atoms with E-state index in [-0.39, 0.29) is 23.8 Å². The Kier molecular flexibility index (Phi) is 7.80. The molecule has 2 aromatic heterocycles. The van der Waals surface area contributed by atoms with Crippen molar-refractivity contribution in [3.63, 3.8) is 0 Å². The van der Waals surface area contributed by atoms with Crippen molar-refractivity contribution in [2.45, 2.75) is 31.6 Å². The van der Waals surface area contributed by atoms with Crippen LogP contribution >= 0.6 is 0 Å². The lowest BCUT2D eigenvalue weighted by molar-refractivity contribution is -0.125. The number of pyridine rings is 1. The number of carbonyl (C=O) groups is 3. The molecule has 0 aliphatic carbocycles. The maximum Gasteiger partial charge on any atom is 0.361 e. The molecule has 218 valence electrons. The van der Waals surface area contributed by atoms with Crippen LogP contribution in [0.15, 0.2) is 78.9 Å². The van der Waals surface area contributed by atoms with Gasteiger partial charge in [-0.15, -0.1) is 5.10 Å². The van der Waals surface area contributed by atoms with E-state index in [1.165, 1.54) is 18.9 Å². The lowest BCUT2D eigenvalue weighted by atomic mass is 10.1. The Morgan fingerprint density at radius 2 is 1.60 bits per heavy atom. The third-order valence-corrected chi connectivity index (χ3v) is 7.78. The molecular weight excluding hydrogens is 548 g/mol. The number of aromatic nitrogens is 4. The van der Waals surface area contributed by atoms with Crippen LogP contribution in [0.2, 0.25) is 0 Å². The average molecular weight is 579 g/mol. The number of benzene rings is 3. The number of nitrogens with one attached hydrogen (secondary N) is 1. The number of fused-ring (bicyclic) bond motifs is 2. The van der Waals surface area contributed by atoms with Gasteiger partial charge in [-0.25, -0.2) is 14.3 Å². The van der Waals surface area contributed by atoms with Crippen LogP contribution in [0.4, 0.5) is 0 Å². The number of rotatable bonds is 8. The molecule has 2 atom stereocenters. The lowest BCUT2D eigenvalue weighted by Gasteiger charge is -2.23. The summed E-state index contributed by atoms with van der Waals surface area (Å²) in [5.74, 6) is -1.73. The second-order valence-electron chi connectivity index (χ2n) is 10.4. The van der Waals surface area contributed by atoms with Crippen molar-refractivity contribution in [2.75, 3.05) is 20.8 Å². The van der Waals surface area contributed by atoms with Crippen molar-refractivity contribution < 1.29 is 23.9 Å². The van der Waals surface area contributed by atoms with Gasteiger partial charge in [-0.1, -0.05) is 65.9 Å². The average Bonchev–Trinajstić information content (AvgIpc) is 3.67. The van der Waals surface area contributed by atoms with Gasteiger partial charge in [0.15, 0.2) is 5.69 Å². The van der Waals surface area contributed by atoms with E-state index in [0.29, 0.717) is 19.5 Å². The monoisotopic (exact) mass is 578 g/mol. The van der Waals surface area contributed by atoms with Gasteiger partial charge < -0.3 is 14.8 Å². The number of hydrogen-bond donors (Lipinski definition) is 1. The van der Waals surface area contributed by atoms with Gasteiger partial charge >= 0.3 is 11.9 Å². The zero-order chi connectivity index (χ0) is 29.9. The minimum absolute atomic E-state index is 0.105. The standard InChI is InChI=1S/C32H30N6O5/c1-42-31(40)28-29(32(41)43-2)38(36-35-28)25-16-27(30(39)33-17-24-14-13-22-8-5-6-10-26(22)34-24)37(19-25)18-20-11-12-21-7-3-4-9-23(21)15-20/h3-15,25,27H,16-19H2,1-2H3,(H,33,39)/t25-,27-/m0/s1. The van der Waals surface area contributed by atoms with Crippen LogP contribution in [0.1, 0.15) is 44.7 Å². The van der Waals surface area contributed by atoms with Crippen LogP contribution in [-0.2, 0) is 27.4 Å². The minimum Gasteiger partial charge on any atom is -0.464 e. The second-order valence-corrected chi connectivity index (χ2v) is 10.4. The van der Waals surface area contributed by atoms with Gasteiger partial charge in [-0.05, 0) is 41.0 Å². The molecule has 3 aromatic carbocycles. The molecule has 43 heavy (non-hydrogen) atoms. The zero-order valence-electron chi connectivity index (χ0n) is 23.8. The van der Waals surface area contributed by atoms with Crippen molar-refractivity contribution in [1.29, 1.82) is 0 Å². The number of para-hydroxylation sites is 1. The fourth-order valence-corrected chi connectivity index (χ4v) is 5.65. The SMILES string of the molecule is COC(=O)c1nnn([C@H]2C[C@@H](C(=O)NCc3ccc4ccccc4n3)N(Cc3ccc4ccccc4c3)C2)c1C(=O)OC. The van der Waals surface area contributed by atoms with E-state index < -0.39 is 24.0 Å². The van der Waals surface area contributed by atoms with Gasteiger partial charge in [0.1, 0.15) is 0 Å². The van der Waals surface area contributed by atoms with Crippen LogP contribution in [-0.4, -0.2) is 69.5 Å². The van der Waals surface area contributed by atoms with Gasteiger partial charge in [0.2, 0.25) is 11.6 Å². The van der Waals surface area contributed by atoms with Gasteiger partial charge in [-0.3, -0.25) is 14.7 Å². The largest absolute Gasteiger partial charge is 0.464 e. The Bertz CT molecular complexity index is 1840. The number of ether oxygens (including phenoxy) is 2. The van der Waals surface area contributed by atoms with Crippen LogP contribution in [0, 0.1) is 0 Å². The van der Waals surface area contributed by atoms with Crippen molar-refractivity contribution in [3.8, 4) is 0 Å². The third-order valence-electron chi connectivity index (χ3n) is 7.78. The summed E-state index contributed by atoms with van der Waals surface area (Å²) in [4.78, 5) is 45.5. The number of carbonyl (C=O) groups excluding carboxylic acids is 3.